The third-order valence-corrected chi connectivity index (χ3v) is 5.40. The molecule has 1 saturated carbocycles. The van der Waals surface area contributed by atoms with Crippen LogP contribution in [0.4, 0.5) is 11.8 Å². The van der Waals surface area contributed by atoms with Gasteiger partial charge in [-0.05, 0) is 43.0 Å². The molecule has 0 atom stereocenters. The van der Waals surface area contributed by atoms with Crippen LogP contribution in [0, 0.1) is 5.92 Å². The van der Waals surface area contributed by atoms with Gasteiger partial charge in [0.1, 0.15) is 10.6 Å². The number of nitrogen functional groups attached to an aromatic ring is 1. The van der Waals surface area contributed by atoms with E-state index in [1.54, 1.807) is 11.3 Å². The van der Waals surface area contributed by atoms with Crippen molar-refractivity contribution in [1.82, 2.24) is 9.97 Å². The number of thiophene rings is 1. The molecular weight excluding hydrogens is 268 g/mol. The third-order valence-electron chi connectivity index (χ3n) is 4.60. The highest BCUT2D eigenvalue weighted by Gasteiger charge is 2.25. The van der Waals surface area contributed by atoms with E-state index in [0.29, 0.717) is 12.0 Å². The molecule has 2 N–H and O–H groups in total. The van der Waals surface area contributed by atoms with Crippen LogP contribution in [0.1, 0.15) is 39.0 Å². The summed E-state index contributed by atoms with van der Waals surface area (Å²) >= 11 is 1.63. The minimum Gasteiger partial charge on any atom is -0.368 e. The molecule has 4 nitrogen and oxygen atoms in total. The zero-order valence-corrected chi connectivity index (χ0v) is 13.0. The number of hydrogen-bond donors (Lipinski definition) is 1. The van der Waals surface area contributed by atoms with Crippen molar-refractivity contribution in [3.63, 3.8) is 0 Å². The lowest BCUT2D eigenvalue weighted by atomic mass is 9.84. The molecule has 0 aromatic carbocycles. The first kappa shape index (κ1) is 13.6. The molecule has 3 rings (SSSR count). The van der Waals surface area contributed by atoms with Gasteiger partial charge in [0.15, 0.2) is 0 Å². The smallest absolute Gasteiger partial charge is 0.223 e. The first-order valence-electron chi connectivity index (χ1n) is 7.42. The van der Waals surface area contributed by atoms with E-state index in [9.17, 15) is 0 Å². The van der Waals surface area contributed by atoms with E-state index in [1.807, 2.05) is 0 Å². The molecule has 2 heterocycles. The van der Waals surface area contributed by atoms with Gasteiger partial charge in [-0.2, -0.15) is 4.98 Å². The Kier molecular flexibility index (Phi) is 3.78. The van der Waals surface area contributed by atoms with E-state index >= 15 is 0 Å². The number of hydrogen-bond acceptors (Lipinski definition) is 5. The summed E-state index contributed by atoms with van der Waals surface area (Å²) in [7, 11) is 2.15. The Balaban J connectivity index is 1.85. The predicted octanol–water partition coefficient (Wildman–Crippen LogP) is 3.68. The van der Waals surface area contributed by atoms with Gasteiger partial charge in [0.25, 0.3) is 0 Å². The van der Waals surface area contributed by atoms with Gasteiger partial charge < -0.3 is 10.6 Å². The Morgan fingerprint density at radius 1 is 1.30 bits per heavy atom. The zero-order chi connectivity index (χ0) is 14.1. The fourth-order valence-corrected chi connectivity index (χ4v) is 4.00. The minimum atomic E-state index is 0.379. The van der Waals surface area contributed by atoms with Crippen molar-refractivity contribution in [2.45, 2.75) is 45.1 Å². The van der Waals surface area contributed by atoms with Crippen molar-refractivity contribution in [2.24, 2.45) is 5.92 Å². The molecule has 1 aliphatic carbocycles. The molecule has 108 valence electrons. The summed E-state index contributed by atoms with van der Waals surface area (Å²) in [5, 5.41) is 3.19. The second-order valence-corrected chi connectivity index (χ2v) is 6.63. The summed E-state index contributed by atoms with van der Waals surface area (Å²) in [6.07, 6.45) is 6.48. The van der Waals surface area contributed by atoms with Crippen molar-refractivity contribution in [1.29, 1.82) is 0 Å². The molecule has 2 aromatic rings. The zero-order valence-electron chi connectivity index (χ0n) is 12.2. The van der Waals surface area contributed by atoms with Crippen LogP contribution in [-0.2, 0) is 0 Å². The Morgan fingerprint density at radius 3 is 2.75 bits per heavy atom. The van der Waals surface area contributed by atoms with Gasteiger partial charge >= 0.3 is 0 Å². The average molecular weight is 290 g/mol. The number of rotatable bonds is 3. The highest BCUT2D eigenvalue weighted by atomic mass is 32.1. The van der Waals surface area contributed by atoms with Crippen LogP contribution in [0.25, 0.3) is 10.2 Å². The summed E-state index contributed by atoms with van der Waals surface area (Å²) in [6, 6.07) is 2.68. The lowest BCUT2D eigenvalue weighted by Crippen LogP contribution is -2.35. The van der Waals surface area contributed by atoms with Crippen LogP contribution in [0.15, 0.2) is 11.4 Å². The SMILES string of the molecule is CCC1CCC(N(C)c2nc(N)nc3sccc23)CC1. The number of aromatic nitrogens is 2. The van der Waals surface area contributed by atoms with Crippen LogP contribution in [0.5, 0.6) is 0 Å². The Labute approximate surface area is 124 Å². The molecule has 20 heavy (non-hydrogen) atoms. The molecule has 0 aliphatic heterocycles. The van der Waals surface area contributed by atoms with Crippen LogP contribution >= 0.6 is 11.3 Å². The average Bonchev–Trinajstić information content (AvgIpc) is 2.94. The van der Waals surface area contributed by atoms with Gasteiger partial charge in [-0.25, -0.2) is 4.98 Å². The highest BCUT2D eigenvalue weighted by Crippen LogP contribution is 2.34. The largest absolute Gasteiger partial charge is 0.368 e. The second-order valence-electron chi connectivity index (χ2n) is 5.74. The van der Waals surface area contributed by atoms with E-state index in [0.717, 1.165) is 22.0 Å². The van der Waals surface area contributed by atoms with Crippen molar-refractivity contribution in [3.8, 4) is 0 Å². The lowest BCUT2D eigenvalue weighted by Gasteiger charge is -2.35. The molecule has 0 unspecified atom stereocenters. The highest BCUT2D eigenvalue weighted by molar-refractivity contribution is 7.16. The van der Waals surface area contributed by atoms with Gasteiger partial charge in [0, 0.05) is 13.1 Å². The molecule has 0 amide bonds. The summed E-state index contributed by atoms with van der Waals surface area (Å²) < 4.78 is 0. The molecule has 2 aromatic heterocycles. The Hall–Kier alpha value is -1.36. The maximum atomic E-state index is 5.85. The molecular formula is C15H22N4S. The van der Waals surface area contributed by atoms with Crippen molar-refractivity contribution < 1.29 is 0 Å². The van der Waals surface area contributed by atoms with Gasteiger partial charge in [-0.1, -0.05) is 13.3 Å². The van der Waals surface area contributed by atoms with E-state index in [-0.39, 0.29) is 0 Å². The van der Waals surface area contributed by atoms with Crippen LogP contribution in [-0.4, -0.2) is 23.1 Å². The third kappa shape index (κ3) is 2.46. The van der Waals surface area contributed by atoms with Crippen LogP contribution in [0.3, 0.4) is 0 Å². The van der Waals surface area contributed by atoms with Gasteiger partial charge in [-0.3, -0.25) is 0 Å². The minimum absolute atomic E-state index is 0.379. The fraction of sp³-hybridized carbons (Fsp3) is 0.600. The monoisotopic (exact) mass is 290 g/mol. The topological polar surface area (TPSA) is 55.0 Å². The summed E-state index contributed by atoms with van der Waals surface area (Å²) in [4.78, 5) is 12.1. The van der Waals surface area contributed by atoms with E-state index in [4.69, 9.17) is 5.73 Å². The first-order chi connectivity index (χ1) is 9.69. The summed E-state index contributed by atoms with van der Waals surface area (Å²) in [6.45, 7) is 2.30. The molecule has 1 aliphatic rings. The van der Waals surface area contributed by atoms with Gasteiger partial charge in [0.05, 0.1) is 5.39 Å². The Bertz CT molecular complexity index is 587. The number of anilines is 2. The second kappa shape index (κ2) is 5.56. The molecule has 0 radical (unpaired) electrons. The van der Waals surface area contributed by atoms with Gasteiger partial charge in [0.2, 0.25) is 5.95 Å². The van der Waals surface area contributed by atoms with Crippen molar-refractivity contribution in [2.75, 3.05) is 17.7 Å². The lowest BCUT2D eigenvalue weighted by molar-refractivity contribution is 0.313. The van der Waals surface area contributed by atoms with Crippen molar-refractivity contribution in [3.05, 3.63) is 11.4 Å². The van der Waals surface area contributed by atoms with E-state index in [1.165, 1.54) is 32.1 Å². The summed E-state index contributed by atoms with van der Waals surface area (Å²) in [5.41, 5.74) is 5.85. The molecule has 0 saturated heterocycles. The van der Waals surface area contributed by atoms with Crippen LogP contribution < -0.4 is 10.6 Å². The maximum absolute atomic E-state index is 5.85. The summed E-state index contributed by atoms with van der Waals surface area (Å²) in [5.74, 6) is 2.29. The van der Waals surface area contributed by atoms with Crippen LogP contribution in [0.2, 0.25) is 0 Å². The number of fused-ring (bicyclic) bond motifs is 1. The molecule has 0 spiro atoms. The first-order valence-corrected chi connectivity index (χ1v) is 8.30. The fourth-order valence-electron chi connectivity index (χ4n) is 3.24. The normalized spacial score (nSPS) is 23.1. The molecule has 5 heteroatoms. The predicted molar refractivity (Wildman–Crippen MR) is 86.3 cm³/mol. The Morgan fingerprint density at radius 2 is 2.05 bits per heavy atom. The maximum Gasteiger partial charge on any atom is 0.223 e. The quantitative estimate of drug-likeness (QED) is 0.937. The number of nitrogens with two attached hydrogens (primary N) is 1. The van der Waals surface area contributed by atoms with E-state index in [2.05, 4.69) is 40.3 Å². The number of nitrogens with zero attached hydrogens (tertiary/aromatic N) is 3. The molecule has 0 bridgehead atoms. The standard InChI is InChI=1S/C15H22N4S/c1-3-10-4-6-11(7-5-10)19(2)13-12-8-9-20-14(12)18-15(16)17-13/h8-11H,3-7H2,1-2H3,(H2,16,17,18). The molecule has 1 fully saturated rings. The van der Waals surface area contributed by atoms with Gasteiger partial charge in [-0.15, -0.1) is 11.3 Å². The van der Waals surface area contributed by atoms with Crippen molar-refractivity contribution >= 4 is 33.3 Å². The van der Waals surface area contributed by atoms with E-state index < -0.39 is 0 Å².